The van der Waals surface area contributed by atoms with Gasteiger partial charge in [-0.15, -0.1) is 0 Å². The lowest BCUT2D eigenvalue weighted by Crippen LogP contribution is -2.34. The van der Waals surface area contributed by atoms with Gasteiger partial charge < -0.3 is 20.1 Å². The molecule has 9 heteroatoms. The van der Waals surface area contributed by atoms with Crippen LogP contribution in [0.25, 0.3) is 0 Å². The molecular weight excluding hydrogens is 518 g/mol. The van der Waals surface area contributed by atoms with E-state index in [-0.39, 0.29) is 23.5 Å². The van der Waals surface area contributed by atoms with Crippen molar-refractivity contribution < 1.29 is 19.1 Å². The number of para-hydroxylation sites is 1. The maximum atomic E-state index is 12.6. The SMILES string of the molecule is CCCOc1ccc(C(=O)NC(=S)Nc2cccc(NC(=O)COc3ccccc3)c2)cc1Br. The van der Waals surface area contributed by atoms with Gasteiger partial charge in [-0.2, -0.15) is 0 Å². The molecule has 176 valence electrons. The Morgan fingerprint density at radius 1 is 0.912 bits per heavy atom. The minimum atomic E-state index is -0.359. The summed E-state index contributed by atoms with van der Waals surface area (Å²) in [6.07, 6.45) is 0.890. The zero-order valence-corrected chi connectivity index (χ0v) is 20.9. The van der Waals surface area contributed by atoms with Gasteiger partial charge in [0.2, 0.25) is 0 Å². The molecule has 3 rings (SSSR count). The Balaban J connectivity index is 1.52. The lowest BCUT2D eigenvalue weighted by Gasteiger charge is -2.12. The normalized spacial score (nSPS) is 10.2. The van der Waals surface area contributed by atoms with Crippen LogP contribution in [0, 0.1) is 0 Å². The summed E-state index contributed by atoms with van der Waals surface area (Å²) in [6, 6.07) is 21.1. The van der Waals surface area contributed by atoms with Crippen LogP contribution < -0.4 is 25.4 Å². The van der Waals surface area contributed by atoms with Crippen LogP contribution in [-0.2, 0) is 4.79 Å². The van der Waals surface area contributed by atoms with Gasteiger partial charge in [0.15, 0.2) is 11.7 Å². The molecule has 3 aromatic rings. The van der Waals surface area contributed by atoms with Gasteiger partial charge in [0, 0.05) is 16.9 Å². The third-order valence-electron chi connectivity index (χ3n) is 4.40. The van der Waals surface area contributed by atoms with E-state index in [0.717, 1.165) is 6.42 Å². The molecule has 0 unspecified atom stereocenters. The molecular formula is C25H24BrN3O4S. The molecule has 3 aromatic carbocycles. The average Bonchev–Trinajstić information content (AvgIpc) is 2.82. The van der Waals surface area contributed by atoms with Gasteiger partial charge in [-0.25, -0.2) is 0 Å². The summed E-state index contributed by atoms with van der Waals surface area (Å²) in [7, 11) is 0. The minimum Gasteiger partial charge on any atom is -0.492 e. The highest BCUT2D eigenvalue weighted by molar-refractivity contribution is 9.10. The number of carbonyl (C=O) groups excluding carboxylic acids is 2. The van der Waals surface area contributed by atoms with Gasteiger partial charge in [-0.05, 0) is 83.1 Å². The van der Waals surface area contributed by atoms with E-state index in [1.807, 2.05) is 25.1 Å². The number of hydrogen-bond acceptors (Lipinski definition) is 5. The predicted molar refractivity (Wildman–Crippen MR) is 141 cm³/mol. The molecule has 7 nitrogen and oxygen atoms in total. The van der Waals surface area contributed by atoms with Crippen molar-refractivity contribution in [3.63, 3.8) is 0 Å². The summed E-state index contributed by atoms with van der Waals surface area (Å²) in [6.45, 7) is 2.50. The zero-order chi connectivity index (χ0) is 24.3. The molecule has 0 aliphatic heterocycles. The molecule has 0 atom stereocenters. The predicted octanol–water partition coefficient (Wildman–Crippen LogP) is 5.38. The monoisotopic (exact) mass is 541 g/mol. The van der Waals surface area contributed by atoms with Crippen LogP contribution in [-0.4, -0.2) is 30.1 Å². The van der Waals surface area contributed by atoms with E-state index in [2.05, 4.69) is 31.9 Å². The molecule has 2 amide bonds. The number of benzene rings is 3. The Morgan fingerprint density at radius 3 is 2.35 bits per heavy atom. The van der Waals surface area contributed by atoms with Crippen LogP contribution in [0.1, 0.15) is 23.7 Å². The van der Waals surface area contributed by atoms with Gasteiger partial charge in [-0.1, -0.05) is 31.2 Å². The van der Waals surface area contributed by atoms with E-state index in [1.54, 1.807) is 54.6 Å². The van der Waals surface area contributed by atoms with E-state index in [0.29, 0.717) is 39.5 Å². The van der Waals surface area contributed by atoms with Crippen molar-refractivity contribution in [2.75, 3.05) is 23.8 Å². The van der Waals surface area contributed by atoms with Crippen LogP contribution in [0.2, 0.25) is 0 Å². The maximum Gasteiger partial charge on any atom is 0.262 e. The highest BCUT2D eigenvalue weighted by Gasteiger charge is 2.12. The smallest absolute Gasteiger partial charge is 0.262 e. The molecule has 0 fully saturated rings. The highest BCUT2D eigenvalue weighted by Crippen LogP contribution is 2.26. The molecule has 0 heterocycles. The number of hydrogen-bond donors (Lipinski definition) is 3. The third-order valence-corrected chi connectivity index (χ3v) is 5.22. The number of anilines is 2. The molecule has 34 heavy (non-hydrogen) atoms. The first-order chi connectivity index (χ1) is 16.4. The van der Waals surface area contributed by atoms with E-state index in [1.165, 1.54) is 0 Å². The summed E-state index contributed by atoms with van der Waals surface area (Å²) in [5.41, 5.74) is 1.60. The topological polar surface area (TPSA) is 88.7 Å². The van der Waals surface area contributed by atoms with E-state index in [9.17, 15) is 9.59 Å². The highest BCUT2D eigenvalue weighted by atomic mass is 79.9. The Labute approximate surface area is 212 Å². The minimum absolute atomic E-state index is 0.117. The lowest BCUT2D eigenvalue weighted by molar-refractivity contribution is -0.118. The van der Waals surface area contributed by atoms with Gasteiger partial charge in [0.25, 0.3) is 11.8 Å². The van der Waals surface area contributed by atoms with Gasteiger partial charge >= 0.3 is 0 Å². The van der Waals surface area contributed by atoms with E-state index in [4.69, 9.17) is 21.7 Å². The van der Waals surface area contributed by atoms with E-state index < -0.39 is 0 Å². The number of halogens is 1. The second kappa shape index (κ2) is 12.7. The first kappa shape index (κ1) is 25.2. The maximum absolute atomic E-state index is 12.6. The van der Waals surface area contributed by atoms with Crippen molar-refractivity contribution >= 4 is 56.4 Å². The molecule has 0 saturated carbocycles. The molecule has 0 spiro atoms. The van der Waals surface area contributed by atoms with Crippen LogP contribution >= 0.6 is 28.1 Å². The fraction of sp³-hybridized carbons (Fsp3) is 0.160. The summed E-state index contributed by atoms with van der Waals surface area (Å²) in [5, 5.41) is 8.49. The number of thiocarbonyl (C=S) groups is 1. The Bertz CT molecular complexity index is 1160. The van der Waals surface area contributed by atoms with Crippen molar-refractivity contribution in [2.24, 2.45) is 0 Å². The lowest BCUT2D eigenvalue weighted by atomic mass is 10.2. The quantitative estimate of drug-likeness (QED) is 0.315. The van der Waals surface area contributed by atoms with Crippen LogP contribution in [0.5, 0.6) is 11.5 Å². The summed E-state index contributed by atoms with van der Waals surface area (Å²) < 4.78 is 11.7. The fourth-order valence-corrected chi connectivity index (χ4v) is 3.55. The average molecular weight is 542 g/mol. The summed E-state index contributed by atoms with van der Waals surface area (Å²) in [4.78, 5) is 24.7. The second-order valence-electron chi connectivity index (χ2n) is 7.13. The largest absolute Gasteiger partial charge is 0.492 e. The molecule has 0 bridgehead atoms. The van der Waals surface area contributed by atoms with Crippen LogP contribution in [0.3, 0.4) is 0 Å². The van der Waals surface area contributed by atoms with Crippen molar-refractivity contribution in [1.82, 2.24) is 5.32 Å². The first-order valence-electron chi connectivity index (χ1n) is 10.6. The van der Waals surface area contributed by atoms with Gasteiger partial charge in [0.1, 0.15) is 11.5 Å². The fourth-order valence-electron chi connectivity index (χ4n) is 2.85. The number of rotatable bonds is 9. The Hall–Kier alpha value is -3.43. The first-order valence-corrected chi connectivity index (χ1v) is 11.8. The number of nitrogens with one attached hydrogen (secondary N) is 3. The van der Waals surface area contributed by atoms with Gasteiger partial charge in [-0.3, -0.25) is 14.9 Å². The van der Waals surface area contributed by atoms with Crippen LogP contribution in [0.15, 0.2) is 77.3 Å². The second-order valence-corrected chi connectivity index (χ2v) is 8.40. The van der Waals surface area contributed by atoms with Crippen molar-refractivity contribution in [3.05, 3.63) is 82.8 Å². The van der Waals surface area contributed by atoms with Crippen molar-refractivity contribution in [2.45, 2.75) is 13.3 Å². The van der Waals surface area contributed by atoms with Crippen molar-refractivity contribution in [3.8, 4) is 11.5 Å². The number of ether oxygens (including phenoxy) is 2. The standard InChI is InChI=1S/C25H24BrN3O4S/c1-2-13-32-22-12-11-17(14-21(22)26)24(31)29-25(34)28-19-8-6-7-18(15-19)27-23(30)16-33-20-9-4-3-5-10-20/h3-12,14-15H,2,13,16H2,1H3,(H,27,30)(H2,28,29,31,34). The molecule has 0 aromatic heterocycles. The van der Waals surface area contributed by atoms with Crippen LogP contribution in [0.4, 0.5) is 11.4 Å². The van der Waals surface area contributed by atoms with Crippen molar-refractivity contribution in [1.29, 1.82) is 0 Å². The third kappa shape index (κ3) is 7.86. The summed E-state index contributed by atoms with van der Waals surface area (Å²) in [5.74, 6) is 0.632. The molecule has 0 aliphatic carbocycles. The Morgan fingerprint density at radius 2 is 1.65 bits per heavy atom. The number of carbonyl (C=O) groups is 2. The summed E-state index contributed by atoms with van der Waals surface area (Å²) >= 11 is 8.69. The molecule has 3 N–H and O–H groups in total. The molecule has 0 aliphatic rings. The van der Waals surface area contributed by atoms with E-state index >= 15 is 0 Å². The number of amides is 2. The Kier molecular flexibility index (Phi) is 9.42. The molecule has 0 saturated heterocycles. The van der Waals surface area contributed by atoms with Gasteiger partial charge in [0.05, 0.1) is 11.1 Å². The zero-order valence-electron chi connectivity index (χ0n) is 18.5. The molecule has 0 radical (unpaired) electrons.